The summed E-state index contributed by atoms with van der Waals surface area (Å²) in [7, 11) is 0. The summed E-state index contributed by atoms with van der Waals surface area (Å²) >= 11 is 0. The number of nitriles is 1. The lowest BCUT2D eigenvalue weighted by Gasteiger charge is -1.87. The van der Waals surface area contributed by atoms with Crippen LogP contribution in [0.15, 0.2) is 24.3 Å². The maximum absolute atomic E-state index is 8.06. The van der Waals surface area contributed by atoms with E-state index in [-0.39, 0.29) is 0 Å². The zero-order valence-electron chi connectivity index (χ0n) is 5.83. The fourth-order valence-electron chi connectivity index (χ4n) is 0.385. The number of hydrogen-bond donors (Lipinski definition) is 0. The van der Waals surface area contributed by atoms with Crippen LogP contribution in [0.1, 0.15) is 13.8 Å². The van der Waals surface area contributed by atoms with E-state index in [9.17, 15) is 0 Å². The highest BCUT2D eigenvalue weighted by atomic mass is 14.2. The van der Waals surface area contributed by atoms with E-state index < -0.39 is 0 Å². The van der Waals surface area contributed by atoms with Crippen LogP contribution in [0.3, 0.4) is 0 Å². The Hall–Kier alpha value is -1.03. The fourth-order valence-corrected chi connectivity index (χ4v) is 0.385. The van der Waals surface area contributed by atoms with E-state index in [2.05, 4.69) is 13.8 Å². The maximum atomic E-state index is 8.06. The van der Waals surface area contributed by atoms with Crippen molar-refractivity contribution in [3.8, 4) is 6.07 Å². The van der Waals surface area contributed by atoms with Crippen molar-refractivity contribution in [1.29, 1.82) is 5.26 Å². The van der Waals surface area contributed by atoms with Crippen LogP contribution >= 0.6 is 0 Å². The van der Waals surface area contributed by atoms with Gasteiger partial charge in [0.25, 0.3) is 0 Å². The average Bonchev–Trinajstić information content (AvgIpc) is 1.80. The summed E-state index contributed by atoms with van der Waals surface area (Å²) in [5.41, 5.74) is 0. The predicted molar refractivity (Wildman–Crippen MR) is 38.7 cm³/mol. The Balaban J connectivity index is 3.50. The molecule has 0 radical (unpaired) electrons. The van der Waals surface area contributed by atoms with Crippen LogP contribution in [0.25, 0.3) is 0 Å². The van der Waals surface area contributed by atoms with Gasteiger partial charge in [0, 0.05) is 6.08 Å². The van der Waals surface area contributed by atoms with Crippen molar-refractivity contribution in [2.45, 2.75) is 13.8 Å². The highest BCUT2D eigenvalue weighted by molar-refractivity contribution is 5.11. The van der Waals surface area contributed by atoms with Gasteiger partial charge in [-0.25, -0.2) is 0 Å². The van der Waals surface area contributed by atoms with E-state index >= 15 is 0 Å². The van der Waals surface area contributed by atoms with Crippen LogP contribution in [0.5, 0.6) is 0 Å². The van der Waals surface area contributed by atoms with Gasteiger partial charge in [0.15, 0.2) is 0 Å². The maximum Gasteiger partial charge on any atom is 0.0912 e. The summed E-state index contributed by atoms with van der Waals surface area (Å²) in [4.78, 5) is 0. The highest BCUT2D eigenvalue weighted by Crippen LogP contribution is 1.92. The van der Waals surface area contributed by atoms with Crippen molar-refractivity contribution in [2.24, 2.45) is 5.92 Å². The van der Waals surface area contributed by atoms with E-state index in [1.807, 2.05) is 18.2 Å². The molecule has 0 aromatic heterocycles. The van der Waals surface area contributed by atoms with Crippen molar-refractivity contribution < 1.29 is 0 Å². The molecule has 0 aromatic rings. The molecule has 0 unspecified atom stereocenters. The molecule has 0 spiro atoms. The normalized spacial score (nSPS) is 11.3. The third-order valence-corrected chi connectivity index (χ3v) is 0.778. The van der Waals surface area contributed by atoms with E-state index in [1.54, 1.807) is 6.08 Å². The quantitative estimate of drug-likeness (QED) is 0.406. The molecule has 0 saturated carbocycles. The van der Waals surface area contributed by atoms with E-state index in [0.717, 1.165) is 0 Å². The molecule has 0 saturated heterocycles. The van der Waals surface area contributed by atoms with E-state index in [1.165, 1.54) is 6.08 Å². The van der Waals surface area contributed by atoms with Crippen LogP contribution in [-0.2, 0) is 0 Å². The first-order chi connectivity index (χ1) is 4.27. The van der Waals surface area contributed by atoms with Gasteiger partial charge in [0.1, 0.15) is 0 Å². The van der Waals surface area contributed by atoms with Gasteiger partial charge >= 0.3 is 0 Å². The molecule has 0 rings (SSSR count). The molecule has 0 aliphatic rings. The van der Waals surface area contributed by atoms with Crippen molar-refractivity contribution in [1.82, 2.24) is 0 Å². The van der Waals surface area contributed by atoms with E-state index in [0.29, 0.717) is 5.92 Å². The zero-order valence-corrected chi connectivity index (χ0v) is 5.83. The third kappa shape index (κ3) is 6.97. The first kappa shape index (κ1) is 7.97. The lowest BCUT2D eigenvalue weighted by atomic mass is 10.2. The smallest absolute Gasteiger partial charge is 0.0912 e. The van der Waals surface area contributed by atoms with Gasteiger partial charge in [0.2, 0.25) is 0 Å². The zero-order chi connectivity index (χ0) is 7.11. The average molecular weight is 121 g/mol. The summed E-state index contributed by atoms with van der Waals surface area (Å²) in [6, 6.07) is 1.91. The van der Waals surface area contributed by atoms with Crippen molar-refractivity contribution >= 4 is 0 Å². The van der Waals surface area contributed by atoms with Crippen LogP contribution in [0.2, 0.25) is 0 Å². The SMILES string of the molecule is CC(C)/C=C/C=C/C#N. The highest BCUT2D eigenvalue weighted by Gasteiger charge is 1.78. The molecule has 0 fully saturated rings. The molecule has 0 heterocycles. The Kier molecular flexibility index (Phi) is 4.53. The fraction of sp³-hybridized carbons (Fsp3) is 0.375. The summed E-state index contributed by atoms with van der Waals surface area (Å²) in [6.45, 7) is 4.19. The Morgan fingerprint density at radius 3 is 2.44 bits per heavy atom. The Morgan fingerprint density at radius 1 is 1.33 bits per heavy atom. The standard InChI is InChI=1S/C8H11N/c1-8(2)6-4-3-5-7-9/h3-6,8H,1-2H3/b5-3+,6-4+. The van der Waals surface area contributed by atoms with Gasteiger partial charge < -0.3 is 0 Å². The predicted octanol–water partition coefficient (Wildman–Crippen LogP) is 2.28. The molecule has 1 nitrogen and oxygen atoms in total. The van der Waals surface area contributed by atoms with Crippen LogP contribution in [-0.4, -0.2) is 0 Å². The van der Waals surface area contributed by atoms with Gasteiger partial charge in [0.05, 0.1) is 6.07 Å². The molecule has 9 heavy (non-hydrogen) atoms. The first-order valence-electron chi connectivity index (χ1n) is 3.00. The molecule has 0 amide bonds. The summed E-state index contributed by atoms with van der Waals surface area (Å²) in [5, 5.41) is 8.06. The lowest BCUT2D eigenvalue weighted by molar-refractivity contribution is 0.832. The van der Waals surface area contributed by atoms with Crippen molar-refractivity contribution in [3.05, 3.63) is 24.3 Å². The second-order valence-electron chi connectivity index (χ2n) is 2.12. The number of allylic oxidation sites excluding steroid dienone is 4. The van der Waals surface area contributed by atoms with E-state index in [4.69, 9.17) is 5.26 Å². The molecule has 0 aliphatic heterocycles. The van der Waals surface area contributed by atoms with Crippen LogP contribution < -0.4 is 0 Å². The molecule has 0 atom stereocenters. The number of rotatable bonds is 2. The van der Waals surface area contributed by atoms with Gasteiger partial charge in [-0.15, -0.1) is 0 Å². The minimum absolute atomic E-state index is 0.563. The lowest BCUT2D eigenvalue weighted by Crippen LogP contribution is -1.74. The summed E-state index contributed by atoms with van der Waals surface area (Å²) < 4.78 is 0. The summed E-state index contributed by atoms with van der Waals surface area (Å²) in [6.07, 6.45) is 7.11. The van der Waals surface area contributed by atoms with Crippen LogP contribution in [0.4, 0.5) is 0 Å². The number of nitrogens with zero attached hydrogens (tertiary/aromatic N) is 1. The Bertz CT molecular complexity index is 146. The molecule has 1 heteroatoms. The minimum atomic E-state index is 0.563. The molecular weight excluding hydrogens is 110 g/mol. The molecule has 0 aromatic carbocycles. The second-order valence-corrected chi connectivity index (χ2v) is 2.12. The molecular formula is C8H11N. The minimum Gasteiger partial charge on any atom is -0.193 e. The van der Waals surface area contributed by atoms with Crippen LogP contribution in [0, 0.1) is 17.2 Å². The van der Waals surface area contributed by atoms with Gasteiger partial charge in [-0.05, 0) is 5.92 Å². The van der Waals surface area contributed by atoms with Gasteiger partial charge in [-0.3, -0.25) is 0 Å². The molecule has 0 bridgehead atoms. The van der Waals surface area contributed by atoms with Gasteiger partial charge in [-0.1, -0.05) is 32.1 Å². The second kappa shape index (κ2) is 5.11. The molecule has 0 N–H and O–H groups in total. The molecule has 0 aliphatic carbocycles. The monoisotopic (exact) mass is 121 g/mol. The largest absolute Gasteiger partial charge is 0.193 e. The Morgan fingerprint density at radius 2 is 2.00 bits per heavy atom. The van der Waals surface area contributed by atoms with Crippen molar-refractivity contribution in [2.75, 3.05) is 0 Å². The molecule has 48 valence electrons. The van der Waals surface area contributed by atoms with Gasteiger partial charge in [-0.2, -0.15) is 5.26 Å². The number of hydrogen-bond acceptors (Lipinski definition) is 1. The summed E-state index contributed by atoms with van der Waals surface area (Å²) in [5.74, 6) is 0.563. The van der Waals surface area contributed by atoms with Crippen molar-refractivity contribution in [3.63, 3.8) is 0 Å². The topological polar surface area (TPSA) is 23.8 Å². The third-order valence-electron chi connectivity index (χ3n) is 0.778. The Labute approximate surface area is 56.3 Å². The first-order valence-corrected chi connectivity index (χ1v) is 3.00.